The van der Waals surface area contributed by atoms with Crippen LogP contribution in [0.2, 0.25) is 0 Å². The highest BCUT2D eigenvalue weighted by atomic mass is 16.5. The van der Waals surface area contributed by atoms with Crippen LogP contribution in [0.1, 0.15) is 54.0 Å². The van der Waals surface area contributed by atoms with Crippen LogP contribution in [0, 0.1) is 6.92 Å². The van der Waals surface area contributed by atoms with E-state index in [-0.39, 0.29) is 44.1 Å². The van der Waals surface area contributed by atoms with Crippen molar-refractivity contribution in [1.29, 1.82) is 0 Å². The molecule has 0 aliphatic carbocycles. The molecule has 2 heterocycles. The van der Waals surface area contributed by atoms with Crippen LogP contribution in [0.5, 0.6) is 0 Å². The van der Waals surface area contributed by atoms with Crippen molar-refractivity contribution in [3.63, 3.8) is 0 Å². The van der Waals surface area contributed by atoms with E-state index in [2.05, 4.69) is 14.9 Å². The second-order valence-electron chi connectivity index (χ2n) is 10.4. The zero-order valence-corrected chi connectivity index (χ0v) is 24.2. The van der Waals surface area contributed by atoms with Crippen molar-refractivity contribution in [2.45, 2.75) is 52.7 Å². The number of aromatic amines is 1. The lowest BCUT2D eigenvalue weighted by Gasteiger charge is -2.25. The number of amides is 1. The summed E-state index contributed by atoms with van der Waals surface area (Å²) in [6.45, 7) is 6.41. The summed E-state index contributed by atoms with van der Waals surface area (Å²) in [4.78, 5) is 61.7. The van der Waals surface area contributed by atoms with Crippen LogP contribution in [0.4, 0.5) is 5.69 Å². The highest BCUT2D eigenvalue weighted by molar-refractivity contribution is 6.06. The average molecular weight is 571 g/mol. The number of carbonyl (C=O) groups excluding carboxylic acids is 3. The van der Waals surface area contributed by atoms with Gasteiger partial charge in [0.05, 0.1) is 24.1 Å². The van der Waals surface area contributed by atoms with E-state index in [0.29, 0.717) is 28.8 Å². The topological polar surface area (TPSA) is 122 Å². The van der Waals surface area contributed by atoms with Gasteiger partial charge in [0.25, 0.3) is 11.5 Å². The zero-order chi connectivity index (χ0) is 30.0. The Hall–Kier alpha value is -4.73. The number of ether oxygens (including phenoxy) is 2. The fourth-order valence-corrected chi connectivity index (χ4v) is 5.53. The molecule has 3 aromatic carbocycles. The molecule has 0 saturated carbocycles. The third-order valence-corrected chi connectivity index (χ3v) is 7.52. The van der Waals surface area contributed by atoms with Gasteiger partial charge in [0.2, 0.25) is 0 Å². The van der Waals surface area contributed by atoms with Gasteiger partial charge in [-0.3, -0.25) is 14.4 Å². The third kappa shape index (κ3) is 5.70. The maximum Gasteiger partial charge on any atom is 0.328 e. The largest absolute Gasteiger partial charge is 0.466 e. The fourth-order valence-electron chi connectivity index (χ4n) is 5.53. The first-order valence-electron chi connectivity index (χ1n) is 14.1. The minimum atomic E-state index is -0.885. The van der Waals surface area contributed by atoms with Crippen LogP contribution in [0.25, 0.3) is 21.7 Å². The maximum absolute atomic E-state index is 13.3. The lowest BCUT2D eigenvalue weighted by atomic mass is 10.0. The number of esters is 2. The van der Waals surface area contributed by atoms with E-state index in [1.54, 1.807) is 26.8 Å². The molecule has 42 heavy (non-hydrogen) atoms. The smallest absolute Gasteiger partial charge is 0.328 e. The summed E-state index contributed by atoms with van der Waals surface area (Å²) < 4.78 is 10.2. The van der Waals surface area contributed by atoms with Gasteiger partial charge in [0, 0.05) is 37.8 Å². The number of anilines is 1. The number of aryl methyl sites for hydroxylation is 1. The third-order valence-electron chi connectivity index (χ3n) is 7.52. The van der Waals surface area contributed by atoms with Crippen molar-refractivity contribution in [2.75, 3.05) is 25.2 Å². The predicted octanol–water partition coefficient (Wildman–Crippen LogP) is 4.25. The van der Waals surface area contributed by atoms with Crippen LogP contribution in [0.15, 0.2) is 53.3 Å². The van der Waals surface area contributed by atoms with Gasteiger partial charge in [-0.1, -0.05) is 18.2 Å². The van der Waals surface area contributed by atoms with Gasteiger partial charge in [-0.05, 0) is 79.4 Å². The lowest BCUT2D eigenvalue weighted by molar-refractivity contribution is -0.150. The molecule has 0 unspecified atom stereocenters. The number of rotatable bonds is 10. The average Bonchev–Trinajstić information content (AvgIpc) is 3.28. The van der Waals surface area contributed by atoms with Gasteiger partial charge in [-0.15, -0.1) is 0 Å². The van der Waals surface area contributed by atoms with Crippen LogP contribution in [-0.4, -0.2) is 59.0 Å². The molecule has 1 N–H and O–H groups in total. The molecule has 1 atom stereocenters. The Morgan fingerprint density at radius 2 is 1.81 bits per heavy atom. The molecule has 0 bridgehead atoms. The van der Waals surface area contributed by atoms with Crippen LogP contribution < -0.4 is 10.5 Å². The fraction of sp³-hybridized carbons (Fsp3) is 0.344. The summed E-state index contributed by atoms with van der Waals surface area (Å²) in [7, 11) is 1.96. The zero-order valence-electron chi connectivity index (χ0n) is 24.2. The molecule has 4 aromatic rings. The number of aromatic nitrogens is 2. The molecule has 10 nitrogen and oxygen atoms in total. The Kier molecular flexibility index (Phi) is 8.24. The molecule has 0 spiro atoms. The number of hydrogen-bond acceptors (Lipinski definition) is 8. The molecule has 0 saturated heterocycles. The number of nitrogens with one attached hydrogen (secondary N) is 1. The van der Waals surface area contributed by atoms with E-state index in [1.165, 1.54) is 4.90 Å². The van der Waals surface area contributed by atoms with Gasteiger partial charge in [-0.2, -0.15) is 0 Å². The molecule has 1 aromatic heterocycles. The molecule has 1 aliphatic rings. The standard InChI is InChI=1S/C32H34N4O6/c1-5-41-28(37)14-13-27(32(40)42-6-2)36-18-22-16-23(10-11-24(22)31(36)39)35(4)17-20-7-8-21-9-12-26-29(25(21)15-20)30(38)34-19(3)33-26/h7-12,15-16,27H,5-6,13-14,17-18H2,1-4H3,(H,33,34,38)/t27-/m0/s1. The summed E-state index contributed by atoms with van der Waals surface area (Å²) in [5.41, 5.74) is 3.73. The number of fused-ring (bicyclic) bond motifs is 4. The van der Waals surface area contributed by atoms with E-state index >= 15 is 0 Å². The molecular weight excluding hydrogens is 536 g/mol. The predicted molar refractivity (Wildman–Crippen MR) is 159 cm³/mol. The minimum Gasteiger partial charge on any atom is -0.466 e. The SMILES string of the molecule is CCOC(=O)CC[C@@H](C(=O)OCC)N1Cc2cc(N(C)Cc3ccc4ccc5nc(C)[nH]c(=O)c5c4c3)ccc2C1=O. The van der Waals surface area contributed by atoms with E-state index in [1.807, 2.05) is 49.5 Å². The summed E-state index contributed by atoms with van der Waals surface area (Å²) in [5.74, 6) is -0.647. The molecule has 0 radical (unpaired) electrons. The van der Waals surface area contributed by atoms with Crippen molar-refractivity contribution in [1.82, 2.24) is 14.9 Å². The van der Waals surface area contributed by atoms with Crippen molar-refractivity contribution in [3.8, 4) is 0 Å². The first-order valence-corrected chi connectivity index (χ1v) is 14.1. The molecule has 5 rings (SSSR count). The van der Waals surface area contributed by atoms with Crippen molar-refractivity contribution >= 4 is 45.2 Å². The van der Waals surface area contributed by atoms with Crippen LogP contribution >= 0.6 is 0 Å². The number of nitrogens with zero attached hydrogens (tertiary/aromatic N) is 3. The molecule has 0 fully saturated rings. The summed E-state index contributed by atoms with van der Waals surface area (Å²) >= 11 is 0. The first-order chi connectivity index (χ1) is 20.2. The quantitative estimate of drug-likeness (QED) is 0.222. The molecule has 10 heteroatoms. The Balaban J connectivity index is 1.37. The number of H-pyrrole nitrogens is 1. The highest BCUT2D eigenvalue weighted by Crippen LogP contribution is 2.31. The second kappa shape index (κ2) is 12.0. The second-order valence-corrected chi connectivity index (χ2v) is 10.4. The van der Waals surface area contributed by atoms with Gasteiger partial charge in [0.1, 0.15) is 11.9 Å². The normalized spacial score (nSPS) is 13.3. The minimum absolute atomic E-state index is 0.00795. The van der Waals surface area contributed by atoms with Crippen LogP contribution in [-0.2, 0) is 32.2 Å². The van der Waals surface area contributed by atoms with E-state index in [0.717, 1.165) is 27.6 Å². The van der Waals surface area contributed by atoms with Gasteiger partial charge in [0.15, 0.2) is 0 Å². The molecular formula is C32H34N4O6. The lowest BCUT2D eigenvalue weighted by Crippen LogP contribution is -2.42. The Morgan fingerprint density at radius 3 is 2.57 bits per heavy atom. The van der Waals surface area contributed by atoms with Crippen molar-refractivity contribution in [3.05, 3.63) is 81.4 Å². The maximum atomic E-state index is 13.3. The molecule has 218 valence electrons. The highest BCUT2D eigenvalue weighted by Gasteiger charge is 2.37. The van der Waals surface area contributed by atoms with Crippen LogP contribution in [0.3, 0.4) is 0 Å². The number of hydrogen-bond donors (Lipinski definition) is 1. The van der Waals surface area contributed by atoms with Gasteiger partial charge >= 0.3 is 11.9 Å². The summed E-state index contributed by atoms with van der Waals surface area (Å²) in [6.07, 6.45) is 0.132. The molecule has 1 amide bonds. The Bertz CT molecular complexity index is 1750. The number of benzene rings is 3. The van der Waals surface area contributed by atoms with Crippen molar-refractivity contribution < 1.29 is 23.9 Å². The molecule has 1 aliphatic heterocycles. The Labute approximate surface area is 243 Å². The van der Waals surface area contributed by atoms with Gasteiger partial charge in [-0.25, -0.2) is 9.78 Å². The van der Waals surface area contributed by atoms with Crippen molar-refractivity contribution in [2.24, 2.45) is 0 Å². The summed E-state index contributed by atoms with van der Waals surface area (Å²) in [5, 5.41) is 2.37. The summed E-state index contributed by atoms with van der Waals surface area (Å²) in [6, 6.07) is 14.6. The Morgan fingerprint density at radius 1 is 1.05 bits per heavy atom. The van der Waals surface area contributed by atoms with Gasteiger partial charge < -0.3 is 24.3 Å². The van der Waals surface area contributed by atoms with E-state index < -0.39 is 18.0 Å². The van der Waals surface area contributed by atoms with E-state index in [4.69, 9.17) is 9.47 Å². The van der Waals surface area contributed by atoms with E-state index in [9.17, 15) is 19.2 Å². The monoisotopic (exact) mass is 570 g/mol. The first kappa shape index (κ1) is 28.8. The number of carbonyl (C=O) groups is 3.